The van der Waals surface area contributed by atoms with Gasteiger partial charge in [0.05, 0.1) is 0 Å². The number of nitrogens with zero attached hydrogens (tertiary/aromatic N) is 3. The van der Waals surface area contributed by atoms with Gasteiger partial charge in [-0.1, -0.05) is 17.7 Å². The second kappa shape index (κ2) is 8.48. The van der Waals surface area contributed by atoms with Gasteiger partial charge in [0.1, 0.15) is 0 Å². The Kier molecular flexibility index (Phi) is 6.04. The van der Waals surface area contributed by atoms with Gasteiger partial charge in [-0.15, -0.1) is 10.2 Å². The molecular formula is C21H23N3O3S. The lowest BCUT2D eigenvalue weighted by atomic mass is 10.1. The summed E-state index contributed by atoms with van der Waals surface area (Å²) < 4.78 is 17.2. The van der Waals surface area contributed by atoms with Crippen LogP contribution in [0.15, 0.2) is 52.9 Å². The maximum absolute atomic E-state index is 12.6. The smallest absolute Gasteiger partial charge is 0.253 e. The Morgan fingerprint density at radius 2 is 1.75 bits per heavy atom. The largest absolute Gasteiger partial charge is 0.416 e. The van der Waals surface area contributed by atoms with Crippen molar-refractivity contribution in [1.29, 1.82) is 0 Å². The summed E-state index contributed by atoms with van der Waals surface area (Å²) in [7, 11) is 0.768. The highest BCUT2D eigenvalue weighted by molar-refractivity contribution is 7.84. The first-order valence-corrected chi connectivity index (χ1v) is 10.7. The fraction of sp³-hybridized carbons (Fsp3) is 0.286. The van der Waals surface area contributed by atoms with Crippen LogP contribution in [0.3, 0.4) is 0 Å². The molecule has 0 spiro atoms. The first-order valence-electron chi connectivity index (χ1n) is 8.93. The predicted molar refractivity (Wildman–Crippen MR) is 110 cm³/mol. The summed E-state index contributed by atoms with van der Waals surface area (Å²) in [4.78, 5) is 14.2. The number of aromatic nitrogens is 2. The summed E-state index contributed by atoms with van der Waals surface area (Å²) in [5.41, 5.74) is 3.28. The number of benzene rings is 2. The van der Waals surface area contributed by atoms with E-state index in [1.54, 1.807) is 42.5 Å². The Labute approximate surface area is 167 Å². The van der Waals surface area contributed by atoms with Gasteiger partial charge in [-0.3, -0.25) is 9.00 Å². The van der Waals surface area contributed by atoms with Gasteiger partial charge >= 0.3 is 0 Å². The van der Waals surface area contributed by atoms with Crippen LogP contribution in [0.2, 0.25) is 0 Å². The number of carbonyl (C=O) groups excluding carboxylic acids is 1. The van der Waals surface area contributed by atoms with Crippen molar-refractivity contribution >= 4 is 16.7 Å². The SMILES string of the molecule is Cc1cccc(-c2nnc(-c3ccc(C(=O)N(C)[C@H](C)C[S@@](C)=O)cc3)o2)c1. The molecule has 1 heterocycles. The molecule has 0 radical (unpaired) electrons. The average molecular weight is 398 g/mol. The Morgan fingerprint density at radius 3 is 2.36 bits per heavy atom. The van der Waals surface area contributed by atoms with Crippen LogP contribution in [0.5, 0.6) is 0 Å². The second-order valence-corrected chi connectivity index (χ2v) is 8.34. The zero-order chi connectivity index (χ0) is 20.3. The van der Waals surface area contributed by atoms with Crippen LogP contribution < -0.4 is 0 Å². The van der Waals surface area contributed by atoms with Crippen LogP contribution >= 0.6 is 0 Å². The third-order valence-corrected chi connectivity index (χ3v) is 5.48. The fourth-order valence-corrected chi connectivity index (χ4v) is 3.75. The van der Waals surface area contributed by atoms with Crippen LogP contribution in [0.4, 0.5) is 0 Å². The van der Waals surface area contributed by atoms with Crippen LogP contribution in [-0.2, 0) is 10.8 Å². The highest BCUT2D eigenvalue weighted by atomic mass is 32.2. The van der Waals surface area contributed by atoms with Gasteiger partial charge < -0.3 is 9.32 Å². The lowest BCUT2D eigenvalue weighted by Crippen LogP contribution is -2.38. The summed E-state index contributed by atoms with van der Waals surface area (Å²) in [6.45, 7) is 3.89. The predicted octanol–water partition coefficient (Wildman–Crippen LogP) is 3.55. The topological polar surface area (TPSA) is 76.3 Å². The normalized spacial score (nSPS) is 13.1. The minimum atomic E-state index is -0.954. The van der Waals surface area contributed by atoms with Gasteiger partial charge in [0, 0.05) is 52.6 Å². The van der Waals surface area contributed by atoms with Crippen LogP contribution in [0, 0.1) is 6.92 Å². The van der Waals surface area contributed by atoms with Crippen molar-refractivity contribution in [1.82, 2.24) is 15.1 Å². The summed E-state index contributed by atoms with van der Waals surface area (Å²) in [6, 6.07) is 14.8. The van der Waals surface area contributed by atoms with Crippen LogP contribution in [0.1, 0.15) is 22.8 Å². The summed E-state index contributed by atoms with van der Waals surface area (Å²) in [5, 5.41) is 8.24. The third kappa shape index (κ3) is 4.54. The van der Waals surface area contributed by atoms with E-state index in [1.165, 1.54) is 0 Å². The number of amides is 1. The molecule has 0 N–H and O–H groups in total. The molecule has 0 bridgehead atoms. The maximum Gasteiger partial charge on any atom is 0.253 e. The Hall–Kier alpha value is -2.80. The molecule has 1 aromatic heterocycles. The van der Waals surface area contributed by atoms with Crippen molar-refractivity contribution in [3.63, 3.8) is 0 Å². The fourth-order valence-electron chi connectivity index (χ4n) is 2.85. The van der Waals surface area contributed by atoms with E-state index >= 15 is 0 Å². The number of hydrogen-bond acceptors (Lipinski definition) is 5. The average Bonchev–Trinajstić information content (AvgIpc) is 3.16. The molecule has 6 nitrogen and oxygen atoms in total. The van der Waals surface area contributed by atoms with Gasteiger partial charge in [0.15, 0.2) is 0 Å². The van der Waals surface area contributed by atoms with E-state index in [0.717, 1.165) is 16.7 Å². The van der Waals surface area contributed by atoms with E-state index in [1.807, 2.05) is 38.1 Å². The molecule has 2 atom stereocenters. The number of hydrogen-bond donors (Lipinski definition) is 0. The highest BCUT2D eigenvalue weighted by Gasteiger charge is 2.19. The van der Waals surface area contributed by atoms with Crippen molar-refractivity contribution in [3.8, 4) is 22.9 Å². The first kappa shape index (κ1) is 19.9. The highest BCUT2D eigenvalue weighted by Crippen LogP contribution is 2.25. The summed E-state index contributed by atoms with van der Waals surface area (Å²) in [6.07, 6.45) is 1.64. The monoisotopic (exact) mass is 397 g/mol. The van der Waals surface area contributed by atoms with E-state index in [0.29, 0.717) is 23.1 Å². The van der Waals surface area contributed by atoms with Crippen molar-refractivity contribution < 1.29 is 13.4 Å². The van der Waals surface area contributed by atoms with Crippen molar-refractivity contribution in [2.24, 2.45) is 0 Å². The number of rotatable bonds is 6. The molecule has 28 heavy (non-hydrogen) atoms. The molecule has 3 aromatic rings. The van der Waals surface area contributed by atoms with Gasteiger partial charge in [0.25, 0.3) is 5.91 Å². The second-order valence-electron chi connectivity index (χ2n) is 6.86. The lowest BCUT2D eigenvalue weighted by Gasteiger charge is -2.24. The van der Waals surface area contributed by atoms with E-state index in [9.17, 15) is 9.00 Å². The van der Waals surface area contributed by atoms with Gasteiger partial charge in [-0.2, -0.15) is 0 Å². The molecule has 0 saturated carbocycles. The lowest BCUT2D eigenvalue weighted by molar-refractivity contribution is 0.0757. The molecule has 0 saturated heterocycles. The van der Waals surface area contributed by atoms with Crippen LogP contribution in [0.25, 0.3) is 22.9 Å². The van der Waals surface area contributed by atoms with Gasteiger partial charge in [-0.25, -0.2) is 0 Å². The Balaban J connectivity index is 1.76. The third-order valence-electron chi connectivity index (χ3n) is 4.53. The van der Waals surface area contributed by atoms with Crippen LogP contribution in [-0.4, -0.2) is 50.3 Å². The molecular weight excluding hydrogens is 374 g/mol. The molecule has 7 heteroatoms. The molecule has 0 aliphatic heterocycles. The minimum absolute atomic E-state index is 0.106. The van der Waals surface area contributed by atoms with Gasteiger partial charge in [-0.05, 0) is 50.2 Å². The zero-order valence-electron chi connectivity index (χ0n) is 16.4. The Bertz CT molecular complexity index is 998. The summed E-state index contributed by atoms with van der Waals surface area (Å²) in [5.74, 6) is 1.19. The molecule has 1 amide bonds. The molecule has 0 aliphatic carbocycles. The number of aryl methyl sites for hydroxylation is 1. The maximum atomic E-state index is 12.6. The number of carbonyl (C=O) groups is 1. The molecule has 0 unspecified atom stereocenters. The minimum Gasteiger partial charge on any atom is -0.416 e. The summed E-state index contributed by atoms with van der Waals surface area (Å²) >= 11 is 0. The Morgan fingerprint density at radius 1 is 1.11 bits per heavy atom. The molecule has 3 rings (SSSR count). The van der Waals surface area contributed by atoms with Crippen molar-refractivity contribution in [2.75, 3.05) is 19.1 Å². The zero-order valence-corrected chi connectivity index (χ0v) is 17.2. The first-order chi connectivity index (χ1) is 13.3. The quantitative estimate of drug-likeness (QED) is 0.636. The van der Waals surface area contributed by atoms with E-state index in [4.69, 9.17) is 4.42 Å². The molecule has 2 aromatic carbocycles. The van der Waals surface area contributed by atoms with Crippen molar-refractivity contribution in [3.05, 3.63) is 59.7 Å². The molecule has 146 valence electrons. The standard InChI is InChI=1S/C21H23N3O3S/c1-14-6-5-7-18(12-14)20-23-22-19(27-20)16-8-10-17(11-9-16)21(25)24(3)15(2)13-28(4)26/h5-12,15H,13H2,1-4H3/t15-,28-/m1/s1. The van der Waals surface area contributed by atoms with E-state index < -0.39 is 10.8 Å². The van der Waals surface area contributed by atoms with E-state index in [-0.39, 0.29) is 11.9 Å². The molecule has 0 aliphatic rings. The van der Waals surface area contributed by atoms with E-state index in [2.05, 4.69) is 10.2 Å². The van der Waals surface area contributed by atoms with Crippen molar-refractivity contribution in [2.45, 2.75) is 19.9 Å². The molecule has 0 fully saturated rings. The van der Waals surface area contributed by atoms with Gasteiger partial charge in [0.2, 0.25) is 11.8 Å².